The number of carbonyl (C=O) groups excluding carboxylic acids is 1. The maximum Gasteiger partial charge on any atom is 0.165 e. The first-order chi connectivity index (χ1) is 7.16. The van der Waals surface area contributed by atoms with Gasteiger partial charge >= 0.3 is 0 Å². The molecule has 3 heteroatoms. The molecular formula is C12H15BrO2. The predicted molar refractivity (Wildman–Crippen MR) is 63.6 cm³/mol. The number of hydrogen-bond donors (Lipinski definition) is 1. The molecule has 1 aromatic rings. The van der Waals surface area contributed by atoms with Crippen LogP contribution in [0, 0.1) is 0 Å². The third kappa shape index (κ3) is 3.43. The molecule has 0 fully saturated rings. The predicted octanol–water partition coefficient (Wildman–Crippen LogP) is 3.24. The zero-order chi connectivity index (χ0) is 11.3. The summed E-state index contributed by atoms with van der Waals surface area (Å²) in [5.74, 6) is -0.108. The summed E-state index contributed by atoms with van der Waals surface area (Å²) >= 11 is 3.32. The number of carbonyl (C=O) groups is 1. The lowest BCUT2D eigenvalue weighted by molar-refractivity contribution is -0.127. The fourth-order valence-corrected chi connectivity index (χ4v) is 1.86. The van der Waals surface area contributed by atoms with Gasteiger partial charge in [0.15, 0.2) is 5.78 Å². The fraction of sp³-hybridized carbons (Fsp3) is 0.417. The van der Waals surface area contributed by atoms with E-state index in [0.29, 0.717) is 12.0 Å². The zero-order valence-corrected chi connectivity index (χ0v) is 10.3. The van der Waals surface area contributed by atoms with Crippen LogP contribution in [0.4, 0.5) is 0 Å². The maximum absolute atomic E-state index is 11.6. The Labute approximate surface area is 98.4 Å². The van der Waals surface area contributed by atoms with Crippen molar-refractivity contribution in [3.05, 3.63) is 34.3 Å². The van der Waals surface area contributed by atoms with Gasteiger partial charge in [0, 0.05) is 16.5 Å². The zero-order valence-electron chi connectivity index (χ0n) is 8.74. The molecule has 0 aliphatic heterocycles. The molecule has 0 aromatic heterocycles. The van der Waals surface area contributed by atoms with Crippen molar-refractivity contribution >= 4 is 21.7 Å². The normalized spacial score (nSPS) is 12.5. The van der Waals surface area contributed by atoms with E-state index in [2.05, 4.69) is 15.9 Å². The molecule has 0 amide bonds. The molecular weight excluding hydrogens is 256 g/mol. The van der Waals surface area contributed by atoms with E-state index in [1.54, 1.807) is 6.07 Å². The van der Waals surface area contributed by atoms with Gasteiger partial charge in [-0.1, -0.05) is 47.5 Å². The van der Waals surface area contributed by atoms with Gasteiger partial charge in [0.05, 0.1) is 0 Å². The number of aliphatic hydroxyl groups is 1. The van der Waals surface area contributed by atoms with Crippen LogP contribution in [0.25, 0.3) is 0 Å². The maximum atomic E-state index is 11.6. The second kappa shape index (κ2) is 6.03. The van der Waals surface area contributed by atoms with E-state index in [0.717, 1.165) is 17.3 Å². The summed E-state index contributed by atoms with van der Waals surface area (Å²) in [6.07, 6.45) is 1.25. The molecule has 0 saturated carbocycles. The highest BCUT2D eigenvalue weighted by molar-refractivity contribution is 9.10. The smallest absolute Gasteiger partial charge is 0.165 e. The summed E-state index contributed by atoms with van der Waals surface area (Å²) in [6, 6.07) is 7.26. The van der Waals surface area contributed by atoms with Crippen molar-refractivity contribution in [2.24, 2.45) is 0 Å². The molecule has 0 saturated heterocycles. The Morgan fingerprint density at radius 2 is 2.13 bits per heavy atom. The SMILES string of the molecule is CCCCC(=O)C(O)c1ccccc1Br. The minimum atomic E-state index is -0.993. The molecule has 0 spiro atoms. The lowest BCUT2D eigenvalue weighted by atomic mass is 10.0. The molecule has 1 rings (SSSR count). The monoisotopic (exact) mass is 270 g/mol. The molecule has 0 aliphatic rings. The van der Waals surface area contributed by atoms with Crippen LogP contribution in [-0.2, 0) is 4.79 Å². The van der Waals surface area contributed by atoms with Gasteiger partial charge in [0.25, 0.3) is 0 Å². The highest BCUT2D eigenvalue weighted by atomic mass is 79.9. The molecule has 1 atom stereocenters. The van der Waals surface area contributed by atoms with E-state index in [1.165, 1.54) is 0 Å². The standard InChI is InChI=1S/C12H15BrO2/c1-2-3-8-11(14)12(15)9-6-4-5-7-10(9)13/h4-7,12,15H,2-3,8H2,1H3. The van der Waals surface area contributed by atoms with Gasteiger partial charge in [-0.3, -0.25) is 4.79 Å². The third-order valence-electron chi connectivity index (χ3n) is 2.28. The summed E-state index contributed by atoms with van der Waals surface area (Å²) < 4.78 is 0.780. The molecule has 1 unspecified atom stereocenters. The van der Waals surface area contributed by atoms with Crippen molar-refractivity contribution in [1.29, 1.82) is 0 Å². The first kappa shape index (κ1) is 12.4. The highest BCUT2D eigenvalue weighted by Gasteiger charge is 2.18. The van der Waals surface area contributed by atoms with Gasteiger partial charge in [-0.15, -0.1) is 0 Å². The molecule has 1 aromatic carbocycles. The van der Waals surface area contributed by atoms with Crippen LogP contribution >= 0.6 is 15.9 Å². The summed E-state index contributed by atoms with van der Waals surface area (Å²) in [4.78, 5) is 11.6. The van der Waals surface area contributed by atoms with Crippen LogP contribution in [0.5, 0.6) is 0 Å². The van der Waals surface area contributed by atoms with Crippen LogP contribution < -0.4 is 0 Å². The van der Waals surface area contributed by atoms with Crippen molar-refractivity contribution in [3.63, 3.8) is 0 Å². The summed E-state index contributed by atoms with van der Waals surface area (Å²) in [5.41, 5.74) is 0.651. The van der Waals surface area contributed by atoms with E-state index in [9.17, 15) is 9.90 Å². The number of hydrogen-bond acceptors (Lipinski definition) is 2. The molecule has 0 radical (unpaired) electrons. The number of halogens is 1. The lowest BCUT2D eigenvalue weighted by Crippen LogP contribution is -2.12. The minimum absolute atomic E-state index is 0.108. The number of ketones is 1. The van der Waals surface area contributed by atoms with Crippen molar-refractivity contribution < 1.29 is 9.90 Å². The van der Waals surface area contributed by atoms with Gasteiger partial charge in [-0.25, -0.2) is 0 Å². The Morgan fingerprint density at radius 3 is 2.73 bits per heavy atom. The average Bonchev–Trinajstić information content (AvgIpc) is 2.25. The molecule has 0 bridgehead atoms. The van der Waals surface area contributed by atoms with Gasteiger partial charge in [0.2, 0.25) is 0 Å². The van der Waals surface area contributed by atoms with Gasteiger partial charge in [0.1, 0.15) is 6.10 Å². The van der Waals surface area contributed by atoms with E-state index < -0.39 is 6.10 Å². The minimum Gasteiger partial charge on any atom is -0.381 e. The number of benzene rings is 1. The van der Waals surface area contributed by atoms with Gasteiger partial charge < -0.3 is 5.11 Å². The number of Topliss-reactive ketones (excluding diaryl/α,β-unsaturated/α-hetero) is 1. The topological polar surface area (TPSA) is 37.3 Å². The van der Waals surface area contributed by atoms with Crippen molar-refractivity contribution in [2.45, 2.75) is 32.3 Å². The lowest BCUT2D eigenvalue weighted by Gasteiger charge is -2.11. The largest absolute Gasteiger partial charge is 0.381 e. The third-order valence-corrected chi connectivity index (χ3v) is 3.00. The fourth-order valence-electron chi connectivity index (χ4n) is 1.36. The molecule has 1 N–H and O–H groups in total. The van der Waals surface area contributed by atoms with Gasteiger partial charge in [-0.2, -0.15) is 0 Å². The van der Waals surface area contributed by atoms with E-state index in [-0.39, 0.29) is 5.78 Å². The van der Waals surface area contributed by atoms with E-state index in [1.807, 2.05) is 25.1 Å². The van der Waals surface area contributed by atoms with Crippen molar-refractivity contribution in [2.75, 3.05) is 0 Å². The summed E-state index contributed by atoms with van der Waals surface area (Å²) in [6.45, 7) is 2.03. The first-order valence-electron chi connectivity index (χ1n) is 5.12. The molecule has 2 nitrogen and oxygen atoms in total. The van der Waals surface area contributed by atoms with Crippen LogP contribution in [0.2, 0.25) is 0 Å². The Morgan fingerprint density at radius 1 is 1.47 bits per heavy atom. The van der Waals surface area contributed by atoms with Crippen LogP contribution in [0.3, 0.4) is 0 Å². The van der Waals surface area contributed by atoms with E-state index >= 15 is 0 Å². The van der Waals surface area contributed by atoms with Crippen LogP contribution in [0.15, 0.2) is 28.7 Å². The number of rotatable bonds is 5. The first-order valence-corrected chi connectivity index (χ1v) is 5.91. The van der Waals surface area contributed by atoms with E-state index in [4.69, 9.17) is 0 Å². The second-order valence-electron chi connectivity index (χ2n) is 3.49. The summed E-state index contributed by atoms with van der Waals surface area (Å²) in [7, 11) is 0. The second-order valence-corrected chi connectivity index (χ2v) is 4.35. The van der Waals surface area contributed by atoms with Crippen LogP contribution in [-0.4, -0.2) is 10.9 Å². The quantitative estimate of drug-likeness (QED) is 0.892. The molecule has 0 heterocycles. The Bertz CT molecular complexity index is 336. The number of aliphatic hydroxyl groups excluding tert-OH is 1. The van der Waals surface area contributed by atoms with Gasteiger partial charge in [-0.05, 0) is 12.5 Å². The summed E-state index contributed by atoms with van der Waals surface area (Å²) in [5, 5.41) is 9.82. The van der Waals surface area contributed by atoms with Crippen molar-refractivity contribution in [3.8, 4) is 0 Å². The molecule has 15 heavy (non-hydrogen) atoms. The average molecular weight is 271 g/mol. The highest BCUT2D eigenvalue weighted by Crippen LogP contribution is 2.24. The Hall–Kier alpha value is -0.670. The Kier molecular flexibility index (Phi) is 4.99. The molecule has 82 valence electrons. The molecule has 0 aliphatic carbocycles. The van der Waals surface area contributed by atoms with Crippen LogP contribution in [0.1, 0.15) is 37.9 Å². The number of unbranched alkanes of at least 4 members (excludes halogenated alkanes) is 1. The Balaban J connectivity index is 2.72. The van der Waals surface area contributed by atoms with Crippen molar-refractivity contribution in [1.82, 2.24) is 0 Å².